The van der Waals surface area contributed by atoms with E-state index in [1.165, 1.54) is 76.6 Å². The van der Waals surface area contributed by atoms with Crippen molar-refractivity contribution in [2.24, 2.45) is 5.92 Å². The Morgan fingerprint density at radius 3 is 1.19 bits per heavy atom. The summed E-state index contributed by atoms with van der Waals surface area (Å²) in [5, 5.41) is 0. The molecule has 0 nitrogen and oxygen atoms in total. The van der Waals surface area contributed by atoms with E-state index in [9.17, 15) is 0 Å². The van der Waals surface area contributed by atoms with Crippen molar-refractivity contribution in [1.82, 2.24) is 0 Å². The average molecular weight is 487 g/mol. The first-order valence-corrected chi connectivity index (χ1v) is 13.9. The van der Waals surface area contributed by atoms with Crippen LogP contribution in [0.2, 0.25) is 0 Å². The molecule has 3 aromatic rings. The Hall–Kier alpha value is -2.34. The lowest BCUT2D eigenvalue weighted by atomic mass is 9.87. The predicted molar refractivity (Wildman–Crippen MR) is 163 cm³/mol. The van der Waals surface area contributed by atoms with Crippen molar-refractivity contribution in [2.45, 2.75) is 114 Å². The lowest BCUT2D eigenvalue weighted by Gasteiger charge is -2.18. The lowest BCUT2D eigenvalue weighted by molar-refractivity contribution is 0.385. The Morgan fingerprint density at radius 1 is 0.528 bits per heavy atom. The third-order valence-electron chi connectivity index (χ3n) is 7.10. The van der Waals surface area contributed by atoms with Gasteiger partial charge in [0.2, 0.25) is 0 Å². The quantitative estimate of drug-likeness (QED) is 0.296. The smallest absolute Gasteiger partial charge is 0.0132 e. The molecule has 0 N–H and O–H groups in total. The van der Waals surface area contributed by atoms with Gasteiger partial charge in [0.15, 0.2) is 0 Å². The predicted octanol–water partition coefficient (Wildman–Crippen LogP) is 11.1. The van der Waals surface area contributed by atoms with E-state index in [-0.39, 0.29) is 5.41 Å². The fourth-order valence-corrected chi connectivity index (χ4v) is 4.25. The van der Waals surface area contributed by atoms with E-state index in [2.05, 4.69) is 137 Å². The highest BCUT2D eigenvalue weighted by Gasteiger charge is 2.12. The van der Waals surface area contributed by atoms with Crippen LogP contribution in [0.4, 0.5) is 0 Å². The molecular weight excluding hydrogens is 432 g/mol. The van der Waals surface area contributed by atoms with Crippen molar-refractivity contribution in [3.05, 3.63) is 105 Å². The van der Waals surface area contributed by atoms with E-state index in [1.807, 2.05) is 0 Å². The zero-order valence-corrected chi connectivity index (χ0v) is 25.4. The van der Waals surface area contributed by atoms with Crippen LogP contribution in [0, 0.1) is 54.4 Å². The van der Waals surface area contributed by atoms with Crippen LogP contribution in [0.25, 0.3) is 0 Å². The van der Waals surface area contributed by atoms with Gasteiger partial charge in [0.05, 0.1) is 0 Å². The van der Waals surface area contributed by atoms with Gasteiger partial charge < -0.3 is 0 Å². The number of hydrogen-bond acceptors (Lipinski definition) is 0. The maximum absolute atomic E-state index is 2.36. The largest absolute Gasteiger partial charge is 0.0625 e. The van der Waals surface area contributed by atoms with Crippen LogP contribution >= 0.6 is 0 Å². The topological polar surface area (TPSA) is 0 Å². The standard InChI is InChI=1S/C11H16.C10H14.C8H10.C7H14/c1-9-5-7-10(8-6-9)11(2,3)4;1-7-5-8(2)10(4)9(3)6-7;1-7-3-5-8(2)6-4-7;1-7-5-3-2-4-6-7/h5-8H,1-4H3;5-6H,1-4H3;3-6H,1-2H3;7H,2-6H2,1H3. The van der Waals surface area contributed by atoms with Crippen LogP contribution < -0.4 is 0 Å². The summed E-state index contributed by atoms with van der Waals surface area (Å²) in [6.07, 6.45) is 7.44. The van der Waals surface area contributed by atoms with E-state index >= 15 is 0 Å². The van der Waals surface area contributed by atoms with E-state index < -0.39 is 0 Å². The molecule has 1 fully saturated rings. The molecule has 0 heterocycles. The number of benzene rings is 3. The SMILES string of the molecule is CC1CCCCC1.Cc1cc(C)c(C)c(C)c1.Cc1ccc(C(C)(C)C)cc1.Cc1ccc(C)cc1. The fourth-order valence-electron chi connectivity index (χ4n) is 4.25. The first-order valence-electron chi connectivity index (χ1n) is 13.9. The Balaban J connectivity index is 0.000000243. The van der Waals surface area contributed by atoms with Crippen LogP contribution in [0.1, 0.15) is 104 Å². The zero-order valence-electron chi connectivity index (χ0n) is 25.4. The summed E-state index contributed by atoms with van der Waals surface area (Å²) in [5.41, 5.74) is 11.3. The van der Waals surface area contributed by atoms with Crippen molar-refractivity contribution in [3.63, 3.8) is 0 Å². The normalized spacial score (nSPS) is 13.3. The van der Waals surface area contributed by atoms with E-state index in [1.54, 1.807) is 0 Å². The highest BCUT2D eigenvalue weighted by atomic mass is 14.2. The zero-order chi connectivity index (χ0) is 27.3. The summed E-state index contributed by atoms with van der Waals surface area (Å²) in [5.74, 6) is 1.04. The monoisotopic (exact) mass is 486 g/mol. The molecule has 0 unspecified atom stereocenters. The van der Waals surface area contributed by atoms with Crippen molar-refractivity contribution in [1.29, 1.82) is 0 Å². The molecule has 0 atom stereocenters. The third-order valence-corrected chi connectivity index (χ3v) is 7.10. The summed E-state index contributed by atoms with van der Waals surface area (Å²) in [7, 11) is 0. The maximum atomic E-state index is 2.36. The second kappa shape index (κ2) is 15.7. The third kappa shape index (κ3) is 13.1. The fraction of sp³-hybridized carbons (Fsp3) is 0.500. The molecule has 3 aromatic carbocycles. The Labute approximate surface area is 224 Å². The van der Waals surface area contributed by atoms with Gasteiger partial charge >= 0.3 is 0 Å². The van der Waals surface area contributed by atoms with Crippen molar-refractivity contribution >= 4 is 0 Å². The molecule has 4 rings (SSSR count). The molecule has 0 bridgehead atoms. The molecule has 36 heavy (non-hydrogen) atoms. The van der Waals surface area contributed by atoms with Gasteiger partial charge in [0.1, 0.15) is 0 Å². The first kappa shape index (κ1) is 31.7. The molecule has 0 aromatic heterocycles. The van der Waals surface area contributed by atoms with Crippen LogP contribution in [-0.4, -0.2) is 0 Å². The molecule has 198 valence electrons. The van der Waals surface area contributed by atoms with E-state index in [4.69, 9.17) is 0 Å². The molecule has 0 heteroatoms. The molecule has 1 aliphatic rings. The van der Waals surface area contributed by atoms with Crippen LogP contribution in [0.5, 0.6) is 0 Å². The molecule has 0 saturated heterocycles. The van der Waals surface area contributed by atoms with Gasteiger partial charge in [-0.3, -0.25) is 0 Å². The second-order valence-corrected chi connectivity index (χ2v) is 12.0. The van der Waals surface area contributed by atoms with Crippen molar-refractivity contribution in [3.8, 4) is 0 Å². The van der Waals surface area contributed by atoms with Crippen molar-refractivity contribution in [2.75, 3.05) is 0 Å². The Bertz CT molecular complexity index is 947. The summed E-state index contributed by atoms with van der Waals surface area (Å²) >= 11 is 0. The van der Waals surface area contributed by atoms with Crippen LogP contribution in [0.15, 0.2) is 60.7 Å². The Kier molecular flexibility index (Phi) is 13.8. The highest BCUT2D eigenvalue weighted by molar-refractivity contribution is 5.36. The number of hydrogen-bond donors (Lipinski definition) is 0. The van der Waals surface area contributed by atoms with Gasteiger partial charge in [0, 0.05) is 0 Å². The summed E-state index contributed by atoms with van der Waals surface area (Å²) < 4.78 is 0. The minimum atomic E-state index is 0.285. The summed E-state index contributed by atoms with van der Waals surface area (Å²) in [4.78, 5) is 0. The number of aryl methyl sites for hydroxylation is 6. The van der Waals surface area contributed by atoms with Gasteiger partial charge in [-0.05, 0) is 82.1 Å². The van der Waals surface area contributed by atoms with Gasteiger partial charge in [-0.2, -0.15) is 0 Å². The van der Waals surface area contributed by atoms with Crippen LogP contribution in [0.3, 0.4) is 0 Å². The Morgan fingerprint density at radius 2 is 0.889 bits per heavy atom. The summed E-state index contributed by atoms with van der Waals surface area (Å²) in [6, 6.07) is 21.7. The van der Waals surface area contributed by atoms with E-state index in [0.717, 1.165) is 5.92 Å². The molecule has 0 spiro atoms. The minimum Gasteiger partial charge on any atom is -0.0625 e. The van der Waals surface area contributed by atoms with Gasteiger partial charge in [-0.1, -0.05) is 143 Å². The van der Waals surface area contributed by atoms with Crippen molar-refractivity contribution < 1.29 is 0 Å². The minimum absolute atomic E-state index is 0.285. The molecule has 0 amide bonds. The number of rotatable bonds is 0. The van der Waals surface area contributed by atoms with E-state index in [0.29, 0.717) is 0 Å². The molecular formula is C36H54. The molecule has 0 aliphatic heterocycles. The van der Waals surface area contributed by atoms with Gasteiger partial charge in [-0.15, -0.1) is 0 Å². The highest BCUT2D eigenvalue weighted by Crippen LogP contribution is 2.22. The molecule has 0 radical (unpaired) electrons. The van der Waals surface area contributed by atoms with Gasteiger partial charge in [0.25, 0.3) is 0 Å². The maximum Gasteiger partial charge on any atom is -0.0132 e. The lowest BCUT2D eigenvalue weighted by Crippen LogP contribution is -2.10. The first-order chi connectivity index (χ1) is 16.8. The molecule has 1 saturated carbocycles. The molecule has 1 aliphatic carbocycles. The summed E-state index contributed by atoms with van der Waals surface area (Å²) in [6.45, 7) is 24.0. The van der Waals surface area contributed by atoms with Gasteiger partial charge in [-0.25, -0.2) is 0 Å². The average Bonchev–Trinajstić information content (AvgIpc) is 2.81. The second-order valence-electron chi connectivity index (χ2n) is 12.0. The van der Waals surface area contributed by atoms with Crippen LogP contribution in [-0.2, 0) is 5.41 Å².